The zero-order valence-corrected chi connectivity index (χ0v) is 13.2. The van der Waals surface area contributed by atoms with E-state index in [0.717, 1.165) is 11.1 Å². The van der Waals surface area contributed by atoms with E-state index in [4.69, 9.17) is 4.74 Å². The van der Waals surface area contributed by atoms with Crippen molar-refractivity contribution in [3.63, 3.8) is 0 Å². The average Bonchev–Trinajstić information content (AvgIpc) is 2.47. The first-order chi connectivity index (χ1) is 9.92. The third kappa shape index (κ3) is 3.83. The van der Waals surface area contributed by atoms with Gasteiger partial charge in [0, 0.05) is 13.2 Å². The SMILES string of the molecule is Cc1ccccc1C(C)C(=O)NS(=O)(=O)C1CCOCC1. The molecule has 0 bridgehead atoms. The Hall–Kier alpha value is -1.40. The average molecular weight is 311 g/mol. The molecule has 0 aromatic heterocycles. The molecule has 0 radical (unpaired) electrons. The third-order valence-corrected chi connectivity index (χ3v) is 5.73. The number of hydrogen-bond donors (Lipinski definition) is 1. The van der Waals surface area contributed by atoms with Crippen molar-refractivity contribution in [1.29, 1.82) is 0 Å². The highest BCUT2D eigenvalue weighted by Crippen LogP contribution is 2.21. The fraction of sp³-hybridized carbons (Fsp3) is 0.533. The van der Waals surface area contributed by atoms with Gasteiger partial charge in [-0.2, -0.15) is 0 Å². The molecule has 21 heavy (non-hydrogen) atoms. The molecular formula is C15H21NO4S. The quantitative estimate of drug-likeness (QED) is 0.919. The van der Waals surface area contributed by atoms with E-state index in [0.29, 0.717) is 26.1 Å². The van der Waals surface area contributed by atoms with E-state index in [9.17, 15) is 13.2 Å². The Morgan fingerprint density at radius 3 is 2.52 bits per heavy atom. The maximum absolute atomic E-state index is 12.2. The molecule has 6 heteroatoms. The van der Waals surface area contributed by atoms with Crippen LogP contribution in [-0.4, -0.2) is 32.8 Å². The normalized spacial score (nSPS) is 18.2. The van der Waals surface area contributed by atoms with E-state index in [-0.39, 0.29) is 0 Å². The molecule has 116 valence electrons. The number of carbonyl (C=O) groups is 1. The standard InChI is InChI=1S/C15H21NO4S/c1-11-5-3-4-6-14(11)12(2)15(17)16-21(18,19)13-7-9-20-10-8-13/h3-6,12-13H,7-10H2,1-2H3,(H,16,17). The highest BCUT2D eigenvalue weighted by Gasteiger charge is 2.31. The summed E-state index contributed by atoms with van der Waals surface area (Å²) >= 11 is 0. The Balaban J connectivity index is 2.08. The number of benzene rings is 1. The van der Waals surface area contributed by atoms with Crippen molar-refractivity contribution in [2.75, 3.05) is 13.2 Å². The van der Waals surface area contributed by atoms with E-state index < -0.39 is 27.1 Å². The first kappa shape index (κ1) is 16.0. The molecule has 1 aliphatic rings. The second-order valence-electron chi connectivity index (χ2n) is 5.40. The second-order valence-corrected chi connectivity index (χ2v) is 7.36. The maximum atomic E-state index is 12.2. The van der Waals surface area contributed by atoms with Gasteiger partial charge in [-0.25, -0.2) is 8.42 Å². The molecule has 2 rings (SSSR count). The Kier molecular flexibility index (Phi) is 5.00. The van der Waals surface area contributed by atoms with Gasteiger partial charge in [0.1, 0.15) is 0 Å². The zero-order chi connectivity index (χ0) is 15.5. The monoisotopic (exact) mass is 311 g/mol. The van der Waals surface area contributed by atoms with Crippen molar-refractivity contribution >= 4 is 15.9 Å². The van der Waals surface area contributed by atoms with Crippen molar-refractivity contribution < 1.29 is 17.9 Å². The predicted octanol–water partition coefficient (Wildman–Crippen LogP) is 1.72. The van der Waals surface area contributed by atoms with Crippen molar-refractivity contribution in [3.8, 4) is 0 Å². The lowest BCUT2D eigenvalue weighted by atomic mass is 9.96. The smallest absolute Gasteiger partial charge is 0.240 e. The minimum absolute atomic E-state index is 0.424. The summed E-state index contributed by atoms with van der Waals surface area (Å²) in [6.45, 7) is 4.48. The van der Waals surface area contributed by atoms with Crippen molar-refractivity contribution in [2.24, 2.45) is 0 Å². The van der Waals surface area contributed by atoms with Crippen molar-refractivity contribution in [2.45, 2.75) is 37.9 Å². The number of hydrogen-bond acceptors (Lipinski definition) is 4. The molecule has 1 fully saturated rings. The van der Waals surface area contributed by atoms with Crippen LogP contribution in [0.15, 0.2) is 24.3 Å². The highest BCUT2D eigenvalue weighted by molar-refractivity contribution is 7.90. The van der Waals surface area contributed by atoms with Crippen LogP contribution in [0.3, 0.4) is 0 Å². The molecule has 5 nitrogen and oxygen atoms in total. The van der Waals surface area contributed by atoms with Gasteiger partial charge in [0.15, 0.2) is 0 Å². The van der Waals surface area contributed by atoms with E-state index in [1.807, 2.05) is 31.2 Å². The molecule has 1 unspecified atom stereocenters. The Morgan fingerprint density at radius 2 is 1.90 bits per heavy atom. The summed E-state index contributed by atoms with van der Waals surface area (Å²) in [6, 6.07) is 7.49. The molecule has 1 aromatic rings. The van der Waals surface area contributed by atoms with Gasteiger partial charge in [-0.3, -0.25) is 9.52 Å². The Morgan fingerprint density at radius 1 is 1.29 bits per heavy atom. The molecule has 1 aromatic carbocycles. The van der Waals surface area contributed by atoms with Gasteiger partial charge in [0.05, 0.1) is 11.2 Å². The molecule has 1 aliphatic heterocycles. The molecular weight excluding hydrogens is 290 g/mol. The Bertz CT molecular complexity index is 606. The first-order valence-corrected chi connectivity index (χ1v) is 8.65. The van der Waals surface area contributed by atoms with Crippen LogP contribution >= 0.6 is 0 Å². The number of nitrogens with one attached hydrogen (secondary N) is 1. The summed E-state index contributed by atoms with van der Waals surface area (Å²) in [5, 5.41) is -0.542. The summed E-state index contributed by atoms with van der Waals surface area (Å²) in [5.74, 6) is -0.975. The largest absolute Gasteiger partial charge is 0.381 e. The molecule has 0 aliphatic carbocycles. The number of sulfonamides is 1. The summed E-state index contributed by atoms with van der Waals surface area (Å²) in [5.41, 5.74) is 1.82. The highest BCUT2D eigenvalue weighted by atomic mass is 32.2. The molecule has 0 saturated carbocycles. The van der Waals surface area contributed by atoms with E-state index in [1.54, 1.807) is 6.92 Å². The van der Waals surface area contributed by atoms with Crippen LogP contribution in [-0.2, 0) is 19.6 Å². The maximum Gasteiger partial charge on any atom is 0.240 e. The van der Waals surface area contributed by atoms with E-state index in [2.05, 4.69) is 4.72 Å². The summed E-state index contributed by atoms with van der Waals surface area (Å²) in [4.78, 5) is 12.2. The van der Waals surface area contributed by atoms with Crippen LogP contribution in [0.4, 0.5) is 0 Å². The van der Waals surface area contributed by atoms with Gasteiger partial charge in [0.25, 0.3) is 0 Å². The fourth-order valence-electron chi connectivity index (χ4n) is 2.51. The summed E-state index contributed by atoms with van der Waals surface area (Å²) in [6.07, 6.45) is 0.864. The van der Waals surface area contributed by atoms with Crippen LogP contribution in [0.1, 0.15) is 36.8 Å². The fourth-order valence-corrected chi connectivity index (χ4v) is 3.95. The molecule has 1 amide bonds. The molecule has 0 spiro atoms. The number of amides is 1. The van der Waals surface area contributed by atoms with Crippen LogP contribution in [0.2, 0.25) is 0 Å². The van der Waals surface area contributed by atoms with E-state index in [1.165, 1.54) is 0 Å². The third-order valence-electron chi connectivity index (χ3n) is 3.90. The van der Waals surface area contributed by atoms with Crippen LogP contribution in [0.5, 0.6) is 0 Å². The number of rotatable bonds is 4. The lowest BCUT2D eigenvalue weighted by Gasteiger charge is -2.23. The van der Waals surface area contributed by atoms with Gasteiger partial charge in [-0.15, -0.1) is 0 Å². The van der Waals surface area contributed by atoms with E-state index >= 15 is 0 Å². The lowest BCUT2D eigenvalue weighted by Crippen LogP contribution is -2.42. The van der Waals surface area contributed by atoms with Crippen molar-refractivity contribution in [3.05, 3.63) is 35.4 Å². The lowest BCUT2D eigenvalue weighted by molar-refractivity contribution is -0.120. The predicted molar refractivity (Wildman–Crippen MR) is 80.5 cm³/mol. The van der Waals surface area contributed by atoms with Gasteiger partial charge >= 0.3 is 0 Å². The molecule has 1 saturated heterocycles. The molecule has 1 N–H and O–H groups in total. The van der Waals surface area contributed by atoms with Crippen molar-refractivity contribution in [1.82, 2.24) is 4.72 Å². The zero-order valence-electron chi connectivity index (χ0n) is 12.3. The van der Waals surface area contributed by atoms with Crippen LogP contribution in [0.25, 0.3) is 0 Å². The minimum atomic E-state index is -3.63. The summed E-state index contributed by atoms with van der Waals surface area (Å²) in [7, 11) is -3.63. The topological polar surface area (TPSA) is 72.5 Å². The second kappa shape index (κ2) is 6.58. The van der Waals surface area contributed by atoms with Gasteiger partial charge < -0.3 is 4.74 Å². The number of ether oxygens (including phenoxy) is 1. The Labute approximate surface area is 125 Å². The minimum Gasteiger partial charge on any atom is -0.381 e. The number of aryl methyl sites for hydroxylation is 1. The molecule has 1 heterocycles. The summed E-state index contributed by atoms with van der Waals surface area (Å²) < 4.78 is 31.8. The van der Waals surface area contributed by atoms with Gasteiger partial charge in [-0.1, -0.05) is 24.3 Å². The first-order valence-electron chi connectivity index (χ1n) is 7.10. The van der Waals surface area contributed by atoms with Crippen LogP contribution in [0, 0.1) is 6.92 Å². The van der Waals surface area contributed by atoms with Crippen LogP contribution < -0.4 is 4.72 Å². The number of carbonyl (C=O) groups excluding carboxylic acids is 1. The molecule has 1 atom stereocenters. The van der Waals surface area contributed by atoms with Gasteiger partial charge in [-0.05, 0) is 37.8 Å². The van der Waals surface area contributed by atoms with Gasteiger partial charge in [0.2, 0.25) is 15.9 Å².